The number of imidazole rings is 1. The summed E-state index contributed by atoms with van der Waals surface area (Å²) < 4.78 is 1.80. The smallest absolute Gasteiger partial charge is 0.248 e. The number of hydrogen-bond donors (Lipinski definition) is 2. The summed E-state index contributed by atoms with van der Waals surface area (Å²) in [6.45, 7) is 3.96. The Kier molecular flexibility index (Phi) is 3.53. The molecule has 0 radical (unpaired) electrons. The SMILES string of the molecule is Cc1ccc(NC(=O)[C@H]2CC(=O)Nc3nc4ccccc4n32)c(C)c1. The number of aryl methyl sites for hydroxylation is 2. The quantitative estimate of drug-likeness (QED) is 0.756. The van der Waals surface area contributed by atoms with Crippen molar-refractivity contribution in [3.05, 3.63) is 53.6 Å². The van der Waals surface area contributed by atoms with Crippen LogP contribution in [0.5, 0.6) is 0 Å². The van der Waals surface area contributed by atoms with Gasteiger partial charge in [-0.3, -0.25) is 19.5 Å². The topological polar surface area (TPSA) is 76.0 Å². The van der Waals surface area contributed by atoms with Crippen LogP contribution in [0.2, 0.25) is 0 Å². The molecule has 1 aliphatic rings. The number of amides is 2. The number of aromatic nitrogens is 2. The number of carbonyl (C=O) groups excluding carboxylic acids is 2. The van der Waals surface area contributed by atoms with E-state index in [0.29, 0.717) is 5.95 Å². The van der Waals surface area contributed by atoms with Gasteiger partial charge < -0.3 is 5.32 Å². The van der Waals surface area contributed by atoms with E-state index in [0.717, 1.165) is 27.8 Å². The molecular weight excluding hydrogens is 316 g/mol. The second-order valence-corrected chi connectivity index (χ2v) is 6.37. The van der Waals surface area contributed by atoms with Gasteiger partial charge >= 0.3 is 0 Å². The highest BCUT2D eigenvalue weighted by molar-refractivity contribution is 6.03. The summed E-state index contributed by atoms with van der Waals surface area (Å²) in [6, 6.07) is 12.8. The van der Waals surface area contributed by atoms with Crippen LogP contribution in [-0.4, -0.2) is 21.4 Å². The van der Waals surface area contributed by atoms with Crippen molar-refractivity contribution in [2.45, 2.75) is 26.3 Å². The van der Waals surface area contributed by atoms with Crippen molar-refractivity contribution < 1.29 is 9.59 Å². The molecule has 0 unspecified atom stereocenters. The number of benzene rings is 2. The van der Waals surface area contributed by atoms with Crippen LogP contribution < -0.4 is 10.6 Å². The molecule has 1 aromatic heterocycles. The first-order valence-corrected chi connectivity index (χ1v) is 8.18. The first-order chi connectivity index (χ1) is 12.0. The van der Waals surface area contributed by atoms with Gasteiger partial charge in [0.1, 0.15) is 6.04 Å². The van der Waals surface area contributed by atoms with Crippen LogP contribution in [0.25, 0.3) is 11.0 Å². The van der Waals surface area contributed by atoms with Crippen LogP contribution in [0.3, 0.4) is 0 Å². The van der Waals surface area contributed by atoms with Crippen LogP contribution in [0.4, 0.5) is 11.6 Å². The van der Waals surface area contributed by atoms with Gasteiger partial charge in [0.25, 0.3) is 0 Å². The molecule has 0 fully saturated rings. The van der Waals surface area contributed by atoms with Gasteiger partial charge in [-0.1, -0.05) is 29.8 Å². The maximum Gasteiger partial charge on any atom is 0.248 e. The van der Waals surface area contributed by atoms with Crippen molar-refractivity contribution in [2.24, 2.45) is 0 Å². The minimum atomic E-state index is -0.628. The Bertz CT molecular complexity index is 1010. The van der Waals surface area contributed by atoms with E-state index in [1.165, 1.54) is 0 Å². The van der Waals surface area contributed by atoms with E-state index in [2.05, 4.69) is 15.6 Å². The number of nitrogens with zero attached hydrogens (tertiary/aromatic N) is 2. The van der Waals surface area contributed by atoms with Crippen LogP contribution in [0.1, 0.15) is 23.6 Å². The molecule has 25 heavy (non-hydrogen) atoms. The highest BCUT2D eigenvalue weighted by Gasteiger charge is 2.32. The van der Waals surface area contributed by atoms with Crippen molar-refractivity contribution in [1.29, 1.82) is 0 Å². The highest BCUT2D eigenvalue weighted by atomic mass is 16.2. The first-order valence-electron chi connectivity index (χ1n) is 8.18. The molecule has 2 N–H and O–H groups in total. The molecule has 2 heterocycles. The molecule has 4 rings (SSSR count). The third kappa shape index (κ3) is 2.65. The summed E-state index contributed by atoms with van der Waals surface area (Å²) in [7, 11) is 0. The molecule has 126 valence electrons. The van der Waals surface area contributed by atoms with E-state index >= 15 is 0 Å². The van der Waals surface area contributed by atoms with Gasteiger partial charge in [0.05, 0.1) is 17.5 Å². The summed E-state index contributed by atoms with van der Waals surface area (Å²) >= 11 is 0. The summed E-state index contributed by atoms with van der Waals surface area (Å²) in [5.41, 5.74) is 4.47. The van der Waals surface area contributed by atoms with E-state index in [-0.39, 0.29) is 18.2 Å². The lowest BCUT2D eigenvalue weighted by Crippen LogP contribution is -2.35. The molecule has 0 spiro atoms. The fraction of sp³-hybridized carbons (Fsp3) is 0.211. The first kappa shape index (κ1) is 15.4. The van der Waals surface area contributed by atoms with Crippen molar-refractivity contribution in [3.8, 4) is 0 Å². The Morgan fingerprint density at radius 3 is 2.84 bits per heavy atom. The minimum Gasteiger partial charge on any atom is -0.324 e. The summed E-state index contributed by atoms with van der Waals surface area (Å²) in [4.78, 5) is 29.4. The Hall–Kier alpha value is -3.15. The zero-order valence-electron chi connectivity index (χ0n) is 14.0. The van der Waals surface area contributed by atoms with E-state index in [1.807, 2.05) is 56.3 Å². The number of para-hydroxylation sites is 2. The van der Waals surface area contributed by atoms with Gasteiger partial charge in [0, 0.05) is 5.69 Å². The largest absolute Gasteiger partial charge is 0.324 e. The van der Waals surface area contributed by atoms with Gasteiger partial charge in [-0.05, 0) is 37.6 Å². The Morgan fingerprint density at radius 1 is 1.24 bits per heavy atom. The standard InChI is InChI=1S/C19H18N4O2/c1-11-7-8-13(12(2)9-11)20-18(25)16-10-17(24)22-19-21-14-5-3-4-6-15(14)23(16)19/h3-9,16H,10H2,1-2H3,(H,20,25)(H,21,22,24)/t16-/m1/s1. The fourth-order valence-corrected chi connectivity index (χ4v) is 3.27. The molecular formula is C19H18N4O2. The number of fused-ring (bicyclic) bond motifs is 3. The predicted molar refractivity (Wildman–Crippen MR) is 96.6 cm³/mol. The van der Waals surface area contributed by atoms with Crippen molar-refractivity contribution in [2.75, 3.05) is 10.6 Å². The lowest BCUT2D eigenvalue weighted by Gasteiger charge is -2.25. The van der Waals surface area contributed by atoms with Crippen molar-refractivity contribution in [1.82, 2.24) is 9.55 Å². The van der Waals surface area contributed by atoms with Crippen LogP contribution in [-0.2, 0) is 9.59 Å². The van der Waals surface area contributed by atoms with Gasteiger partial charge in [-0.15, -0.1) is 0 Å². The zero-order valence-corrected chi connectivity index (χ0v) is 14.0. The predicted octanol–water partition coefficient (Wildman–Crippen LogP) is 3.18. The monoisotopic (exact) mass is 334 g/mol. The maximum absolute atomic E-state index is 12.9. The second-order valence-electron chi connectivity index (χ2n) is 6.37. The third-order valence-electron chi connectivity index (χ3n) is 4.48. The summed E-state index contributed by atoms with van der Waals surface area (Å²) in [6.07, 6.45) is 0.0874. The number of carbonyl (C=O) groups is 2. The molecule has 1 aliphatic heterocycles. The molecule has 0 saturated carbocycles. The van der Waals surface area contributed by atoms with Gasteiger partial charge in [-0.25, -0.2) is 4.98 Å². The number of hydrogen-bond acceptors (Lipinski definition) is 3. The van der Waals surface area contributed by atoms with Crippen LogP contribution in [0, 0.1) is 13.8 Å². The van der Waals surface area contributed by atoms with Crippen LogP contribution in [0.15, 0.2) is 42.5 Å². The van der Waals surface area contributed by atoms with Gasteiger partial charge in [-0.2, -0.15) is 0 Å². The Morgan fingerprint density at radius 2 is 2.04 bits per heavy atom. The molecule has 6 heteroatoms. The average Bonchev–Trinajstić information content (AvgIpc) is 2.94. The number of anilines is 2. The van der Waals surface area contributed by atoms with Crippen molar-refractivity contribution >= 4 is 34.5 Å². The van der Waals surface area contributed by atoms with E-state index in [9.17, 15) is 9.59 Å². The number of nitrogens with one attached hydrogen (secondary N) is 2. The summed E-state index contributed by atoms with van der Waals surface area (Å²) in [5, 5.41) is 5.71. The average molecular weight is 334 g/mol. The molecule has 3 aromatic rings. The lowest BCUT2D eigenvalue weighted by molar-refractivity contribution is -0.124. The molecule has 0 bridgehead atoms. The van der Waals surface area contributed by atoms with Crippen molar-refractivity contribution in [3.63, 3.8) is 0 Å². The van der Waals surface area contributed by atoms with E-state index in [1.54, 1.807) is 4.57 Å². The Labute approximate surface area is 144 Å². The molecule has 0 aliphatic carbocycles. The third-order valence-corrected chi connectivity index (χ3v) is 4.48. The van der Waals surface area contributed by atoms with Gasteiger partial charge in [0.2, 0.25) is 17.8 Å². The molecule has 2 amide bonds. The minimum absolute atomic E-state index is 0.0874. The molecule has 2 aromatic carbocycles. The lowest BCUT2D eigenvalue weighted by atomic mass is 10.1. The maximum atomic E-state index is 12.9. The summed E-state index contributed by atoms with van der Waals surface area (Å²) in [5.74, 6) is -0.00646. The van der Waals surface area contributed by atoms with E-state index < -0.39 is 6.04 Å². The molecule has 0 saturated heterocycles. The molecule has 6 nitrogen and oxygen atoms in total. The highest BCUT2D eigenvalue weighted by Crippen LogP contribution is 2.31. The normalized spacial score (nSPS) is 16.4. The fourth-order valence-electron chi connectivity index (χ4n) is 3.27. The second kappa shape index (κ2) is 5.73. The number of rotatable bonds is 2. The van der Waals surface area contributed by atoms with Gasteiger partial charge in [0.15, 0.2) is 0 Å². The zero-order chi connectivity index (χ0) is 17.6. The van der Waals surface area contributed by atoms with Crippen LogP contribution >= 0.6 is 0 Å². The Balaban J connectivity index is 1.73. The molecule has 1 atom stereocenters. The van der Waals surface area contributed by atoms with E-state index in [4.69, 9.17) is 0 Å².